The first kappa shape index (κ1) is 17.2. The molecule has 0 heterocycles. The molecule has 0 amide bonds. The lowest BCUT2D eigenvalue weighted by Crippen LogP contribution is -2.21. The number of nitrogens with zero attached hydrogens (tertiary/aromatic N) is 1. The van der Waals surface area contributed by atoms with Gasteiger partial charge in [-0.05, 0) is 24.8 Å². The van der Waals surface area contributed by atoms with Crippen molar-refractivity contribution >= 4 is 15.8 Å². The van der Waals surface area contributed by atoms with Crippen LogP contribution in [0.5, 0.6) is 0 Å². The summed E-state index contributed by atoms with van der Waals surface area (Å²) in [7, 11) is -3.47. The van der Waals surface area contributed by atoms with Crippen LogP contribution in [0.2, 0.25) is 0 Å². The van der Waals surface area contributed by atoms with Crippen molar-refractivity contribution in [1.82, 2.24) is 0 Å². The molecule has 0 saturated carbocycles. The Hall–Kier alpha value is -1.87. The van der Waals surface area contributed by atoms with Crippen molar-refractivity contribution in [1.29, 1.82) is 5.26 Å². The molecule has 0 unspecified atom stereocenters. The zero-order valence-electron chi connectivity index (χ0n) is 11.8. The van der Waals surface area contributed by atoms with E-state index in [1.54, 1.807) is 0 Å². The molecule has 0 bridgehead atoms. The minimum absolute atomic E-state index is 0.153. The number of sulfone groups is 1. The Bertz CT molecular complexity index is 575. The van der Waals surface area contributed by atoms with Gasteiger partial charge in [0.25, 0.3) is 0 Å². The smallest absolute Gasteiger partial charge is 0.321 e. The van der Waals surface area contributed by atoms with Crippen LogP contribution in [0.1, 0.15) is 24.8 Å². The molecular formula is C15H19NO4S. The summed E-state index contributed by atoms with van der Waals surface area (Å²) in [5.74, 6) is -1.48. The zero-order valence-corrected chi connectivity index (χ0v) is 12.6. The number of rotatable bonds is 9. The van der Waals surface area contributed by atoms with Crippen LogP contribution in [0, 0.1) is 11.3 Å². The molecule has 0 aliphatic rings. The summed E-state index contributed by atoms with van der Waals surface area (Å²) in [6.07, 6.45) is 1.86. The van der Waals surface area contributed by atoms with E-state index in [9.17, 15) is 13.2 Å². The van der Waals surface area contributed by atoms with E-state index in [-0.39, 0.29) is 25.2 Å². The molecular weight excluding hydrogens is 290 g/mol. The van der Waals surface area contributed by atoms with Gasteiger partial charge in [-0.1, -0.05) is 30.3 Å². The number of unbranched alkanes of at least 4 members (excludes halogenated alkanes) is 1. The Balaban J connectivity index is 2.20. The Labute approximate surface area is 125 Å². The van der Waals surface area contributed by atoms with Crippen LogP contribution in [0.15, 0.2) is 30.3 Å². The van der Waals surface area contributed by atoms with Gasteiger partial charge in [0.1, 0.15) is 5.75 Å². The third-order valence-electron chi connectivity index (χ3n) is 2.80. The maximum absolute atomic E-state index is 11.6. The van der Waals surface area contributed by atoms with Gasteiger partial charge in [-0.25, -0.2) is 8.42 Å². The van der Waals surface area contributed by atoms with Gasteiger partial charge in [-0.15, -0.1) is 0 Å². The first-order chi connectivity index (χ1) is 10.0. The summed E-state index contributed by atoms with van der Waals surface area (Å²) < 4.78 is 28.0. The standard InChI is InChI=1S/C15H19NO4S/c16-10-4-5-12-21(18,19)13-15(17)20-11-6-9-14-7-2-1-3-8-14/h1-3,7-8H,4-6,9,11-13H2. The van der Waals surface area contributed by atoms with Crippen LogP contribution in [0.4, 0.5) is 0 Å². The van der Waals surface area contributed by atoms with E-state index in [0.29, 0.717) is 6.42 Å². The topological polar surface area (TPSA) is 84.2 Å². The molecule has 0 radical (unpaired) electrons. The molecule has 114 valence electrons. The Kier molecular flexibility index (Phi) is 7.48. The number of hydrogen-bond donors (Lipinski definition) is 0. The predicted octanol–water partition coefficient (Wildman–Crippen LogP) is 1.88. The van der Waals surface area contributed by atoms with Crippen LogP contribution in [-0.2, 0) is 25.8 Å². The Morgan fingerprint density at radius 3 is 2.57 bits per heavy atom. The van der Waals surface area contributed by atoms with Crippen LogP contribution in [0.3, 0.4) is 0 Å². The molecule has 0 aliphatic carbocycles. The minimum Gasteiger partial charge on any atom is -0.465 e. The highest BCUT2D eigenvalue weighted by atomic mass is 32.2. The maximum Gasteiger partial charge on any atom is 0.321 e. The Morgan fingerprint density at radius 2 is 1.90 bits per heavy atom. The van der Waals surface area contributed by atoms with Crippen molar-refractivity contribution < 1.29 is 17.9 Å². The van der Waals surface area contributed by atoms with Crippen molar-refractivity contribution in [2.45, 2.75) is 25.7 Å². The van der Waals surface area contributed by atoms with E-state index in [1.165, 1.54) is 0 Å². The molecule has 0 aliphatic heterocycles. The van der Waals surface area contributed by atoms with Gasteiger partial charge >= 0.3 is 5.97 Å². The third-order valence-corrected chi connectivity index (χ3v) is 4.38. The van der Waals surface area contributed by atoms with Crippen LogP contribution >= 0.6 is 0 Å². The fraction of sp³-hybridized carbons (Fsp3) is 0.467. The number of nitriles is 1. The van der Waals surface area contributed by atoms with Gasteiger partial charge in [0, 0.05) is 6.42 Å². The summed E-state index contributed by atoms with van der Waals surface area (Å²) in [6, 6.07) is 11.7. The highest BCUT2D eigenvalue weighted by molar-refractivity contribution is 7.92. The van der Waals surface area contributed by atoms with Crippen molar-refractivity contribution in [2.24, 2.45) is 0 Å². The molecule has 1 rings (SSSR count). The van der Waals surface area contributed by atoms with Crippen LogP contribution in [0.25, 0.3) is 0 Å². The summed E-state index contributed by atoms with van der Waals surface area (Å²) in [5.41, 5.74) is 1.15. The average Bonchev–Trinajstić information content (AvgIpc) is 2.44. The number of carbonyl (C=O) groups is 1. The van der Waals surface area contributed by atoms with E-state index < -0.39 is 21.6 Å². The quantitative estimate of drug-likeness (QED) is 0.513. The number of hydrogen-bond acceptors (Lipinski definition) is 5. The lowest BCUT2D eigenvalue weighted by molar-refractivity contribution is -0.140. The molecule has 0 atom stereocenters. The first-order valence-corrected chi connectivity index (χ1v) is 8.62. The Morgan fingerprint density at radius 1 is 1.19 bits per heavy atom. The van der Waals surface area contributed by atoms with E-state index in [1.807, 2.05) is 36.4 Å². The second kappa shape index (κ2) is 9.14. The fourth-order valence-corrected chi connectivity index (χ4v) is 2.94. The van der Waals surface area contributed by atoms with Crippen molar-refractivity contribution in [3.8, 4) is 6.07 Å². The maximum atomic E-state index is 11.6. The van der Waals surface area contributed by atoms with Gasteiger partial charge in [0.2, 0.25) is 0 Å². The molecule has 5 nitrogen and oxygen atoms in total. The van der Waals surface area contributed by atoms with Gasteiger partial charge in [-0.3, -0.25) is 4.79 Å². The lowest BCUT2D eigenvalue weighted by atomic mass is 10.1. The molecule has 0 saturated heterocycles. The van der Waals surface area contributed by atoms with Crippen LogP contribution < -0.4 is 0 Å². The number of carbonyl (C=O) groups excluding carboxylic acids is 1. The van der Waals surface area contributed by atoms with E-state index in [4.69, 9.17) is 10.00 Å². The van der Waals surface area contributed by atoms with Crippen molar-refractivity contribution in [2.75, 3.05) is 18.1 Å². The van der Waals surface area contributed by atoms with Gasteiger partial charge in [-0.2, -0.15) is 5.26 Å². The third kappa shape index (κ3) is 8.10. The monoisotopic (exact) mass is 309 g/mol. The zero-order chi connectivity index (χ0) is 15.6. The molecule has 1 aromatic rings. The molecule has 0 N–H and O–H groups in total. The summed E-state index contributed by atoms with van der Waals surface area (Å²) in [4.78, 5) is 11.4. The molecule has 21 heavy (non-hydrogen) atoms. The highest BCUT2D eigenvalue weighted by Crippen LogP contribution is 2.03. The fourth-order valence-electron chi connectivity index (χ4n) is 1.77. The van der Waals surface area contributed by atoms with Gasteiger partial charge < -0.3 is 4.74 Å². The average molecular weight is 309 g/mol. The lowest BCUT2D eigenvalue weighted by Gasteiger charge is -2.05. The van der Waals surface area contributed by atoms with E-state index in [0.717, 1.165) is 12.0 Å². The number of ether oxygens (including phenoxy) is 1. The molecule has 0 spiro atoms. The normalized spacial score (nSPS) is 10.8. The van der Waals surface area contributed by atoms with Crippen LogP contribution in [-0.4, -0.2) is 32.5 Å². The number of aryl methyl sites for hydroxylation is 1. The second-order valence-corrected chi connectivity index (χ2v) is 6.85. The first-order valence-electron chi connectivity index (χ1n) is 6.80. The number of esters is 1. The van der Waals surface area contributed by atoms with Gasteiger partial charge in [0.05, 0.1) is 18.4 Å². The van der Waals surface area contributed by atoms with Crippen molar-refractivity contribution in [3.63, 3.8) is 0 Å². The van der Waals surface area contributed by atoms with Gasteiger partial charge in [0.15, 0.2) is 9.84 Å². The number of benzene rings is 1. The molecule has 0 fully saturated rings. The summed E-state index contributed by atoms with van der Waals surface area (Å²) >= 11 is 0. The summed E-state index contributed by atoms with van der Waals surface area (Å²) in [5, 5.41) is 8.35. The second-order valence-electron chi connectivity index (χ2n) is 4.66. The van der Waals surface area contributed by atoms with E-state index in [2.05, 4.69) is 0 Å². The SMILES string of the molecule is N#CCCCS(=O)(=O)CC(=O)OCCCc1ccccc1. The minimum atomic E-state index is -3.47. The largest absolute Gasteiger partial charge is 0.465 e. The van der Waals surface area contributed by atoms with E-state index >= 15 is 0 Å². The molecule has 1 aromatic carbocycles. The van der Waals surface area contributed by atoms with Crippen molar-refractivity contribution in [3.05, 3.63) is 35.9 Å². The highest BCUT2D eigenvalue weighted by Gasteiger charge is 2.17. The molecule has 0 aromatic heterocycles. The molecule has 6 heteroatoms. The summed E-state index contributed by atoms with van der Waals surface area (Å²) in [6.45, 7) is 0.210. The predicted molar refractivity (Wildman–Crippen MR) is 79.2 cm³/mol.